The van der Waals surface area contributed by atoms with Gasteiger partial charge in [0.1, 0.15) is 0 Å². The van der Waals surface area contributed by atoms with E-state index < -0.39 is 0 Å². The Balaban J connectivity index is 0.00000112. The second-order valence-corrected chi connectivity index (χ2v) is 5.16. The fourth-order valence-electron chi connectivity index (χ4n) is 1.26. The SMILES string of the molecule is Cl.O=C(NCc1cc(Br)cs1)[C@H]1CCN1. The molecule has 0 unspecified atom stereocenters. The van der Waals surface area contributed by atoms with E-state index in [1.165, 1.54) is 4.88 Å². The molecule has 84 valence electrons. The molecule has 0 aliphatic carbocycles. The molecule has 3 nitrogen and oxygen atoms in total. The van der Waals surface area contributed by atoms with Crippen LogP contribution in [-0.4, -0.2) is 18.5 Å². The maximum atomic E-state index is 11.4. The first-order valence-corrected chi connectivity index (χ1v) is 6.17. The summed E-state index contributed by atoms with van der Waals surface area (Å²) < 4.78 is 1.08. The summed E-state index contributed by atoms with van der Waals surface area (Å²) in [6, 6.07) is 2.07. The number of carbonyl (C=O) groups is 1. The van der Waals surface area contributed by atoms with Crippen LogP contribution in [0.4, 0.5) is 0 Å². The Bertz CT molecular complexity index is 341. The third-order valence-corrected chi connectivity index (χ3v) is 3.90. The molecule has 6 heteroatoms. The van der Waals surface area contributed by atoms with Crippen molar-refractivity contribution in [3.63, 3.8) is 0 Å². The number of nitrogens with one attached hydrogen (secondary N) is 2. The largest absolute Gasteiger partial charge is 0.350 e. The van der Waals surface area contributed by atoms with Crippen LogP contribution in [0.3, 0.4) is 0 Å². The molecule has 1 amide bonds. The van der Waals surface area contributed by atoms with Gasteiger partial charge in [-0.05, 0) is 35.0 Å². The lowest BCUT2D eigenvalue weighted by atomic mass is 10.1. The molecule has 1 saturated heterocycles. The molecule has 2 heterocycles. The predicted molar refractivity (Wildman–Crippen MR) is 67.5 cm³/mol. The molecule has 0 radical (unpaired) electrons. The lowest BCUT2D eigenvalue weighted by Crippen LogP contribution is -2.52. The van der Waals surface area contributed by atoms with Crippen LogP contribution in [0.2, 0.25) is 0 Å². The first kappa shape index (κ1) is 13.0. The van der Waals surface area contributed by atoms with E-state index in [4.69, 9.17) is 0 Å². The molecule has 0 aromatic carbocycles. The average Bonchev–Trinajstić information content (AvgIpc) is 2.45. The molecule has 1 fully saturated rings. The fourth-order valence-corrected chi connectivity index (χ4v) is 2.65. The minimum absolute atomic E-state index is 0. The van der Waals surface area contributed by atoms with Gasteiger partial charge in [-0.2, -0.15) is 0 Å². The third-order valence-electron chi connectivity index (χ3n) is 2.20. The van der Waals surface area contributed by atoms with E-state index >= 15 is 0 Å². The first-order chi connectivity index (χ1) is 6.75. The van der Waals surface area contributed by atoms with Gasteiger partial charge in [-0.3, -0.25) is 4.79 Å². The van der Waals surface area contributed by atoms with E-state index in [-0.39, 0.29) is 24.4 Å². The molecule has 1 aliphatic rings. The van der Waals surface area contributed by atoms with Crippen LogP contribution in [0.15, 0.2) is 15.9 Å². The summed E-state index contributed by atoms with van der Waals surface area (Å²) in [5, 5.41) is 7.99. The Morgan fingerprint density at radius 3 is 2.93 bits per heavy atom. The van der Waals surface area contributed by atoms with Crippen molar-refractivity contribution in [3.05, 3.63) is 20.8 Å². The van der Waals surface area contributed by atoms with Gasteiger partial charge in [0.2, 0.25) is 5.91 Å². The van der Waals surface area contributed by atoms with E-state index in [1.807, 2.05) is 11.4 Å². The highest BCUT2D eigenvalue weighted by Crippen LogP contribution is 2.19. The molecule has 2 N–H and O–H groups in total. The molecule has 2 rings (SSSR count). The van der Waals surface area contributed by atoms with Crippen molar-refractivity contribution in [2.24, 2.45) is 0 Å². The normalized spacial score (nSPS) is 18.9. The summed E-state index contributed by atoms with van der Waals surface area (Å²) in [5.74, 6) is 0.112. The second kappa shape index (κ2) is 5.84. The van der Waals surface area contributed by atoms with Gasteiger partial charge in [-0.1, -0.05) is 0 Å². The van der Waals surface area contributed by atoms with Gasteiger partial charge < -0.3 is 10.6 Å². The van der Waals surface area contributed by atoms with Crippen molar-refractivity contribution < 1.29 is 4.79 Å². The summed E-state index contributed by atoms with van der Waals surface area (Å²) >= 11 is 5.03. The number of carbonyl (C=O) groups excluding carboxylic acids is 1. The van der Waals surface area contributed by atoms with Crippen molar-refractivity contribution in [3.8, 4) is 0 Å². The molecular weight excluding hydrogens is 300 g/mol. The lowest BCUT2D eigenvalue weighted by Gasteiger charge is -2.26. The van der Waals surface area contributed by atoms with E-state index in [0.717, 1.165) is 17.4 Å². The Kier molecular flexibility index (Phi) is 5.05. The van der Waals surface area contributed by atoms with Crippen LogP contribution in [0.25, 0.3) is 0 Å². The Hall–Kier alpha value is -0.100. The van der Waals surface area contributed by atoms with Gasteiger partial charge in [0.25, 0.3) is 0 Å². The minimum Gasteiger partial charge on any atom is -0.350 e. The van der Waals surface area contributed by atoms with Crippen molar-refractivity contribution in [1.29, 1.82) is 0 Å². The molecule has 1 aromatic heterocycles. The van der Waals surface area contributed by atoms with Gasteiger partial charge in [0, 0.05) is 14.7 Å². The molecule has 0 bridgehead atoms. The molecule has 1 aromatic rings. The highest BCUT2D eigenvalue weighted by molar-refractivity contribution is 9.10. The third kappa shape index (κ3) is 3.45. The Morgan fingerprint density at radius 1 is 1.73 bits per heavy atom. The van der Waals surface area contributed by atoms with Crippen molar-refractivity contribution in [1.82, 2.24) is 10.6 Å². The number of hydrogen-bond donors (Lipinski definition) is 2. The predicted octanol–water partition coefficient (Wildman–Crippen LogP) is 1.91. The molecule has 0 saturated carbocycles. The average molecular weight is 312 g/mol. The van der Waals surface area contributed by atoms with E-state index in [9.17, 15) is 4.79 Å². The van der Waals surface area contributed by atoms with Gasteiger partial charge in [-0.25, -0.2) is 0 Å². The Morgan fingerprint density at radius 2 is 2.47 bits per heavy atom. The van der Waals surface area contributed by atoms with E-state index in [0.29, 0.717) is 6.54 Å². The number of amides is 1. The van der Waals surface area contributed by atoms with E-state index in [2.05, 4.69) is 26.6 Å². The highest BCUT2D eigenvalue weighted by Gasteiger charge is 2.23. The summed E-state index contributed by atoms with van der Waals surface area (Å²) in [5.41, 5.74) is 0. The zero-order valence-electron chi connectivity index (χ0n) is 7.96. The van der Waals surface area contributed by atoms with Crippen molar-refractivity contribution in [2.45, 2.75) is 19.0 Å². The maximum absolute atomic E-state index is 11.4. The number of halogens is 2. The second-order valence-electron chi connectivity index (χ2n) is 3.24. The maximum Gasteiger partial charge on any atom is 0.237 e. The van der Waals surface area contributed by atoms with Crippen LogP contribution in [0.5, 0.6) is 0 Å². The van der Waals surface area contributed by atoms with Gasteiger partial charge >= 0.3 is 0 Å². The van der Waals surface area contributed by atoms with Crippen LogP contribution in [-0.2, 0) is 11.3 Å². The smallest absolute Gasteiger partial charge is 0.237 e. The minimum atomic E-state index is 0. The molecule has 15 heavy (non-hydrogen) atoms. The quantitative estimate of drug-likeness (QED) is 0.895. The first-order valence-electron chi connectivity index (χ1n) is 4.50. The topological polar surface area (TPSA) is 41.1 Å². The van der Waals surface area contributed by atoms with Gasteiger partial charge in [-0.15, -0.1) is 23.7 Å². The van der Waals surface area contributed by atoms with Crippen LogP contribution < -0.4 is 10.6 Å². The molecule has 0 spiro atoms. The summed E-state index contributed by atoms with van der Waals surface area (Å²) in [6.45, 7) is 1.59. The zero-order valence-corrected chi connectivity index (χ0v) is 11.2. The van der Waals surface area contributed by atoms with Crippen LogP contribution in [0.1, 0.15) is 11.3 Å². The summed E-state index contributed by atoms with van der Waals surface area (Å²) in [4.78, 5) is 12.6. The zero-order chi connectivity index (χ0) is 9.97. The van der Waals surface area contributed by atoms with Crippen LogP contribution in [0, 0.1) is 0 Å². The number of thiophene rings is 1. The number of hydrogen-bond acceptors (Lipinski definition) is 3. The fraction of sp³-hybridized carbons (Fsp3) is 0.444. The van der Waals surface area contributed by atoms with Gasteiger partial charge in [0.15, 0.2) is 0 Å². The summed E-state index contributed by atoms with van der Waals surface area (Å²) in [7, 11) is 0. The standard InChI is InChI=1S/C9H11BrN2OS.ClH/c10-6-3-7(14-5-6)4-12-9(13)8-1-2-11-8;/h3,5,8,11H,1-2,4H2,(H,12,13);1H/t8-;/m1./s1. The lowest BCUT2D eigenvalue weighted by molar-refractivity contribution is -0.124. The number of rotatable bonds is 3. The molecular formula is C9H12BrClN2OS. The van der Waals surface area contributed by atoms with E-state index in [1.54, 1.807) is 11.3 Å². The van der Waals surface area contributed by atoms with Crippen molar-refractivity contribution >= 4 is 45.6 Å². The summed E-state index contributed by atoms with van der Waals surface area (Å²) in [6.07, 6.45) is 0.958. The highest BCUT2D eigenvalue weighted by atomic mass is 79.9. The van der Waals surface area contributed by atoms with Gasteiger partial charge in [0.05, 0.1) is 12.6 Å². The molecule has 1 aliphatic heterocycles. The van der Waals surface area contributed by atoms with Crippen LogP contribution >= 0.6 is 39.7 Å². The molecule has 1 atom stereocenters. The monoisotopic (exact) mass is 310 g/mol. The van der Waals surface area contributed by atoms with Crippen molar-refractivity contribution in [2.75, 3.05) is 6.54 Å². The Labute approximate surface area is 107 Å².